The number of methoxy groups -OCH3 is 1. The minimum atomic E-state index is -0.817. The number of benzene rings is 2. The van der Waals surface area contributed by atoms with Crippen molar-refractivity contribution in [2.75, 3.05) is 13.7 Å². The van der Waals surface area contributed by atoms with Gasteiger partial charge in [0, 0.05) is 49.3 Å². The Labute approximate surface area is 277 Å². The number of ether oxygens (including phenoxy) is 1. The van der Waals surface area contributed by atoms with E-state index in [0.29, 0.717) is 25.8 Å². The number of carbonyl (C=O) groups excluding carboxylic acids is 2. The smallest absolute Gasteiger partial charge is 0.253 e. The van der Waals surface area contributed by atoms with Crippen molar-refractivity contribution in [2.24, 2.45) is 11.1 Å². The molecular formula is C38H47N5O4. The number of carbonyl (C=O) groups is 2. The van der Waals surface area contributed by atoms with Crippen molar-refractivity contribution in [3.63, 3.8) is 0 Å². The highest BCUT2D eigenvalue weighted by atomic mass is 16.5. The maximum absolute atomic E-state index is 13.6. The molecule has 6 rings (SSSR count). The van der Waals surface area contributed by atoms with Gasteiger partial charge < -0.3 is 20.1 Å². The zero-order valence-corrected chi connectivity index (χ0v) is 28.2. The number of rotatable bonds is 4. The number of nitrogens with two attached hydrogens (primary N) is 1. The lowest BCUT2D eigenvalue weighted by atomic mass is 9.79. The number of phenols is 1. The summed E-state index contributed by atoms with van der Waals surface area (Å²) in [7, 11) is 1.71. The number of Topliss-reactive ketones (excluding diaryl/α,β-unsaturated/α-hetero) is 1. The quantitative estimate of drug-likeness (QED) is 0.247. The van der Waals surface area contributed by atoms with Crippen molar-refractivity contribution in [3.8, 4) is 28.1 Å². The lowest BCUT2D eigenvalue weighted by Crippen LogP contribution is -2.59. The van der Waals surface area contributed by atoms with Crippen molar-refractivity contribution in [1.29, 1.82) is 0 Å². The molecule has 0 unspecified atom stereocenters. The molecule has 4 heterocycles. The minimum Gasteiger partial charge on any atom is -0.508 e. The normalized spacial score (nSPS) is 21.1. The number of ketones is 1. The molecule has 6 bridgehead atoms. The number of fused-ring (bicyclic) bond motifs is 6. The van der Waals surface area contributed by atoms with Crippen LogP contribution >= 0.6 is 0 Å². The molecule has 2 aliphatic heterocycles. The molecule has 1 amide bonds. The monoisotopic (exact) mass is 637 g/mol. The summed E-state index contributed by atoms with van der Waals surface area (Å²) in [4.78, 5) is 31.8. The second-order valence-electron chi connectivity index (χ2n) is 13.9. The molecule has 0 radical (unpaired) electrons. The van der Waals surface area contributed by atoms with Crippen LogP contribution in [0.15, 0.2) is 54.7 Å². The van der Waals surface area contributed by atoms with Crippen LogP contribution in [-0.4, -0.2) is 57.1 Å². The molecule has 4 aromatic rings. The van der Waals surface area contributed by atoms with Crippen LogP contribution in [0.1, 0.15) is 76.3 Å². The van der Waals surface area contributed by atoms with Gasteiger partial charge >= 0.3 is 0 Å². The average Bonchev–Trinajstić information content (AvgIpc) is 3.37. The Morgan fingerprint density at radius 1 is 1.15 bits per heavy atom. The van der Waals surface area contributed by atoms with Crippen LogP contribution in [0.25, 0.3) is 33.3 Å². The third-order valence-electron chi connectivity index (χ3n) is 9.94. The first-order chi connectivity index (χ1) is 22.5. The van der Waals surface area contributed by atoms with E-state index < -0.39 is 12.1 Å². The van der Waals surface area contributed by atoms with Gasteiger partial charge in [-0.1, -0.05) is 26.0 Å². The Morgan fingerprint density at radius 2 is 1.96 bits per heavy atom. The molecule has 0 spiro atoms. The number of nitrogens with one attached hydrogen (secondary N) is 1. The minimum absolute atomic E-state index is 0.116. The Kier molecular flexibility index (Phi) is 9.25. The standard InChI is InChI=1S/C38H47N5O4/c1-6-42-33-12-11-25-21-29(33)30(36(42)28-9-7-15-40-35(28)23(2)47-5)22-38(3,4)14-13-34(45)32-10-8-16-43(41-32)37(46)31(39)19-24-17-26(25)20-27(44)18-24/h7,9,11-12,15,17-18,20-21,23,31-32,41,44H,6,8,10,13-14,16,19,22,39H2,1-5H3/t23-,31-,32-/m0/s1. The fourth-order valence-corrected chi connectivity index (χ4v) is 7.35. The first-order valence-electron chi connectivity index (χ1n) is 16.8. The summed E-state index contributed by atoms with van der Waals surface area (Å²) < 4.78 is 8.13. The first-order valence-corrected chi connectivity index (χ1v) is 16.8. The van der Waals surface area contributed by atoms with E-state index in [4.69, 9.17) is 15.5 Å². The molecule has 2 aromatic carbocycles. The molecule has 2 aliphatic rings. The molecule has 1 fully saturated rings. The number of hydrazine groups is 1. The van der Waals surface area contributed by atoms with E-state index in [2.05, 4.69) is 55.0 Å². The van der Waals surface area contributed by atoms with Gasteiger partial charge in [-0.3, -0.25) is 19.6 Å². The Balaban J connectivity index is 1.57. The number of phenolic OH excluding ortho intramolecular Hbond substituents is 1. The number of aromatic nitrogens is 2. The molecule has 9 nitrogen and oxygen atoms in total. The highest BCUT2D eigenvalue weighted by Crippen LogP contribution is 2.43. The molecule has 0 saturated carbocycles. The van der Waals surface area contributed by atoms with Crippen LogP contribution in [0, 0.1) is 5.41 Å². The molecule has 4 N–H and O–H groups in total. The van der Waals surface area contributed by atoms with Crippen molar-refractivity contribution < 1.29 is 19.4 Å². The third-order valence-corrected chi connectivity index (χ3v) is 9.94. The number of aryl methyl sites for hydroxylation is 1. The maximum Gasteiger partial charge on any atom is 0.253 e. The van der Waals surface area contributed by atoms with Crippen molar-refractivity contribution in [3.05, 3.63) is 71.5 Å². The van der Waals surface area contributed by atoms with Crippen molar-refractivity contribution in [2.45, 2.75) is 91.0 Å². The highest BCUT2D eigenvalue weighted by Gasteiger charge is 2.33. The molecule has 47 heavy (non-hydrogen) atoms. The van der Waals surface area contributed by atoms with E-state index in [0.717, 1.165) is 63.9 Å². The molecule has 3 atom stereocenters. The zero-order valence-electron chi connectivity index (χ0n) is 28.2. The fraction of sp³-hybridized carbons (Fsp3) is 0.447. The van der Waals surface area contributed by atoms with E-state index in [9.17, 15) is 14.7 Å². The lowest BCUT2D eigenvalue weighted by Gasteiger charge is -2.35. The van der Waals surface area contributed by atoms with Gasteiger partial charge in [0.2, 0.25) is 0 Å². The second-order valence-corrected chi connectivity index (χ2v) is 13.9. The van der Waals surface area contributed by atoms with Gasteiger partial charge in [-0.15, -0.1) is 0 Å². The summed E-state index contributed by atoms with van der Waals surface area (Å²) in [6, 6.07) is 14.8. The summed E-state index contributed by atoms with van der Waals surface area (Å²) in [5.74, 6) is -0.00844. The second kappa shape index (κ2) is 13.2. The van der Waals surface area contributed by atoms with Gasteiger partial charge in [0.15, 0.2) is 5.78 Å². The van der Waals surface area contributed by atoms with E-state index in [-0.39, 0.29) is 35.4 Å². The molecule has 0 aliphatic carbocycles. The van der Waals surface area contributed by atoms with E-state index in [1.165, 1.54) is 10.6 Å². The molecule has 248 valence electrons. The van der Waals surface area contributed by atoms with E-state index in [1.807, 2.05) is 25.3 Å². The summed E-state index contributed by atoms with van der Waals surface area (Å²) >= 11 is 0. The molecule has 9 heteroatoms. The van der Waals surface area contributed by atoms with Crippen molar-refractivity contribution >= 4 is 22.6 Å². The lowest BCUT2D eigenvalue weighted by molar-refractivity contribution is -0.140. The van der Waals surface area contributed by atoms with Gasteiger partial charge in [-0.05, 0) is 110 Å². The largest absolute Gasteiger partial charge is 0.508 e. The zero-order chi connectivity index (χ0) is 33.5. The number of nitrogens with zero attached hydrogens (tertiary/aromatic N) is 3. The number of aromatic hydroxyl groups is 1. The van der Waals surface area contributed by atoms with Crippen LogP contribution in [0.3, 0.4) is 0 Å². The maximum atomic E-state index is 13.6. The number of amides is 1. The SMILES string of the molecule is CCn1c(-c2cccnc2[C@H](C)OC)c2c3cc(ccc31)-c1cc(O)cc(c1)C[C@H](N)C(=O)N1CCC[C@H](N1)C(=O)CCC(C)(C)C2. The average molecular weight is 638 g/mol. The van der Waals surface area contributed by atoms with Gasteiger partial charge in [0.05, 0.1) is 29.6 Å². The van der Waals surface area contributed by atoms with Crippen LogP contribution < -0.4 is 11.2 Å². The number of pyridine rings is 1. The summed E-state index contributed by atoms with van der Waals surface area (Å²) in [6.45, 7) is 9.90. The predicted molar refractivity (Wildman–Crippen MR) is 185 cm³/mol. The first kappa shape index (κ1) is 32.9. The van der Waals surface area contributed by atoms with Crippen molar-refractivity contribution in [1.82, 2.24) is 20.0 Å². The Hall–Kier alpha value is -4.05. The van der Waals surface area contributed by atoms with Gasteiger partial charge in [0.1, 0.15) is 5.75 Å². The molecule has 1 saturated heterocycles. The molecular weight excluding hydrogens is 590 g/mol. The Morgan fingerprint density at radius 3 is 2.72 bits per heavy atom. The van der Waals surface area contributed by atoms with E-state index in [1.54, 1.807) is 19.2 Å². The highest BCUT2D eigenvalue weighted by molar-refractivity contribution is 5.95. The summed E-state index contributed by atoms with van der Waals surface area (Å²) in [5.41, 5.74) is 17.4. The number of hydrogen-bond acceptors (Lipinski definition) is 7. The van der Waals surface area contributed by atoms with Crippen LogP contribution in [0.2, 0.25) is 0 Å². The fourth-order valence-electron chi connectivity index (χ4n) is 7.35. The van der Waals surface area contributed by atoms with Gasteiger partial charge in [-0.25, -0.2) is 5.43 Å². The molecule has 2 aromatic heterocycles. The topological polar surface area (TPSA) is 123 Å². The summed E-state index contributed by atoms with van der Waals surface area (Å²) in [5, 5.41) is 13.5. The van der Waals surface area contributed by atoms with Crippen LogP contribution in [-0.2, 0) is 33.7 Å². The number of hydrogen-bond donors (Lipinski definition) is 3. The predicted octanol–water partition coefficient (Wildman–Crippen LogP) is 6.10. The Bertz CT molecular complexity index is 1810. The van der Waals surface area contributed by atoms with E-state index >= 15 is 0 Å². The van der Waals surface area contributed by atoms with Gasteiger partial charge in [0.25, 0.3) is 5.91 Å². The summed E-state index contributed by atoms with van der Waals surface area (Å²) in [6.07, 6.45) is 5.14. The van der Waals surface area contributed by atoms with Gasteiger partial charge in [-0.2, -0.15) is 0 Å². The van der Waals surface area contributed by atoms with Crippen LogP contribution in [0.4, 0.5) is 0 Å². The third kappa shape index (κ3) is 6.57. The van der Waals surface area contributed by atoms with Crippen LogP contribution in [0.5, 0.6) is 5.75 Å².